The molecule has 190 valence electrons. The van der Waals surface area contributed by atoms with Crippen molar-refractivity contribution < 1.29 is 0 Å². The van der Waals surface area contributed by atoms with Gasteiger partial charge in [0.15, 0.2) is 0 Å². The number of thiol groups is 3. The molecule has 0 fully saturated rings. The highest BCUT2D eigenvalue weighted by molar-refractivity contribution is 7.80. The Balaban J connectivity index is 0.000000257. The van der Waals surface area contributed by atoms with Crippen molar-refractivity contribution in [1.29, 1.82) is 0 Å². The summed E-state index contributed by atoms with van der Waals surface area (Å²) in [5, 5.41) is 5.07. The van der Waals surface area contributed by atoms with Gasteiger partial charge in [0.05, 0.1) is 0 Å². The summed E-state index contributed by atoms with van der Waals surface area (Å²) < 4.78 is 0. The summed E-state index contributed by atoms with van der Waals surface area (Å²) >= 11 is 12.9. The van der Waals surface area contributed by atoms with Crippen molar-refractivity contribution in [1.82, 2.24) is 0 Å². The Hall–Kier alpha value is -2.33. The maximum absolute atomic E-state index is 4.40. The summed E-state index contributed by atoms with van der Waals surface area (Å²) in [6, 6.07) is 33.0. The van der Waals surface area contributed by atoms with Gasteiger partial charge in [-0.2, -0.15) is 0 Å². The van der Waals surface area contributed by atoms with E-state index in [2.05, 4.69) is 113 Å². The van der Waals surface area contributed by atoms with Crippen LogP contribution in [0.3, 0.4) is 0 Å². The third kappa shape index (κ3) is 9.61. The maximum atomic E-state index is 4.40. The largest absolute Gasteiger partial charge is 0.143 e. The average Bonchev–Trinajstić information content (AvgIpc) is 2.90. The average molecular weight is 533 g/mol. The van der Waals surface area contributed by atoms with Gasteiger partial charge in [0.1, 0.15) is 0 Å². The van der Waals surface area contributed by atoms with Gasteiger partial charge in [-0.1, -0.05) is 106 Å². The lowest BCUT2D eigenvalue weighted by molar-refractivity contribution is 1.37. The molecule has 0 N–H and O–H groups in total. The topological polar surface area (TPSA) is 0 Å². The Morgan fingerprint density at radius 2 is 0.861 bits per heavy atom. The van der Waals surface area contributed by atoms with Gasteiger partial charge < -0.3 is 0 Å². The normalized spacial score (nSPS) is 9.39. The lowest BCUT2D eigenvalue weighted by Crippen LogP contribution is -1.78. The Morgan fingerprint density at radius 3 is 1.39 bits per heavy atom. The summed E-state index contributed by atoms with van der Waals surface area (Å²) in [5.41, 5.74) is 3.88. The highest BCUT2D eigenvalue weighted by Crippen LogP contribution is 2.25. The van der Waals surface area contributed by atoms with E-state index < -0.39 is 0 Å². The van der Waals surface area contributed by atoms with E-state index in [1.807, 2.05) is 70.2 Å². The molecule has 0 spiro atoms. The van der Waals surface area contributed by atoms with Gasteiger partial charge in [-0.25, -0.2) is 0 Å². The highest BCUT2D eigenvalue weighted by atomic mass is 32.1. The summed E-state index contributed by atoms with van der Waals surface area (Å²) in [7, 11) is 0. The first-order valence-electron chi connectivity index (χ1n) is 12.5. The van der Waals surface area contributed by atoms with Gasteiger partial charge in [0, 0.05) is 14.7 Å². The second-order valence-corrected chi connectivity index (χ2v) is 9.21. The van der Waals surface area contributed by atoms with Gasteiger partial charge >= 0.3 is 0 Å². The third-order valence-electron chi connectivity index (χ3n) is 5.24. The summed E-state index contributed by atoms with van der Waals surface area (Å²) in [5.74, 6) is 0. The molecule has 3 heteroatoms. The maximum Gasteiger partial charge on any atom is 0.0119 e. The van der Waals surface area contributed by atoms with Crippen LogP contribution in [0.2, 0.25) is 0 Å². The molecule has 5 aromatic rings. The molecule has 0 amide bonds. The summed E-state index contributed by atoms with van der Waals surface area (Å²) in [6.07, 6.45) is 0. The lowest BCUT2D eigenvalue weighted by atomic mass is 10.1. The van der Waals surface area contributed by atoms with Crippen LogP contribution in [0, 0.1) is 20.8 Å². The van der Waals surface area contributed by atoms with E-state index >= 15 is 0 Å². The Labute approximate surface area is 235 Å². The minimum absolute atomic E-state index is 1.03. The zero-order chi connectivity index (χ0) is 27.1. The standard InChI is InChI=1S/2C11H10S.C7H8S.2C2H6/c1-8-4-2-6-10-9(8)5-3-7-11(10)12;1-8-6-7-11(12)10-5-3-2-4-9(8)10;1-6-3-2-4-7(8)5-6;2*1-2/h2*2-7,12H,1H3;2-5,8H,1H3;2*1-2H3. The molecule has 0 aliphatic rings. The van der Waals surface area contributed by atoms with Crippen LogP contribution in [0.15, 0.2) is 112 Å². The quantitative estimate of drug-likeness (QED) is 0.162. The number of fused-ring (bicyclic) bond motifs is 2. The number of rotatable bonds is 0. The van der Waals surface area contributed by atoms with Crippen molar-refractivity contribution >= 4 is 59.4 Å². The van der Waals surface area contributed by atoms with Gasteiger partial charge in [-0.05, 0) is 77.7 Å². The molecular weight excluding hydrogens is 493 g/mol. The van der Waals surface area contributed by atoms with Crippen LogP contribution in [-0.2, 0) is 0 Å². The van der Waals surface area contributed by atoms with E-state index in [0.29, 0.717) is 0 Å². The van der Waals surface area contributed by atoms with Crippen molar-refractivity contribution in [2.24, 2.45) is 0 Å². The third-order valence-corrected chi connectivity index (χ3v) is 6.30. The molecule has 0 saturated carbocycles. The minimum atomic E-state index is 1.03. The second-order valence-electron chi connectivity index (χ2n) is 7.73. The van der Waals surface area contributed by atoms with E-state index in [4.69, 9.17) is 0 Å². The van der Waals surface area contributed by atoms with Crippen LogP contribution in [-0.4, -0.2) is 0 Å². The summed E-state index contributed by atoms with van der Waals surface area (Å²) in [4.78, 5) is 3.14. The SMILES string of the molecule is CC.CC.Cc1ccc(S)c2ccccc12.Cc1cccc(S)c1.Cc1cccc2c(S)cccc12. The molecule has 0 bridgehead atoms. The number of aryl methyl sites for hydroxylation is 3. The Kier molecular flexibility index (Phi) is 15.1. The first-order chi connectivity index (χ1) is 17.4. The molecule has 5 aromatic carbocycles. The summed E-state index contributed by atoms with van der Waals surface area (Å²) in [6.45, 7) is 14.3. The van der Waals surface area contributed by atoms with Gasteiger partial charge in [0.25, 0.3) is 0 Å². The Morgan fingerprint density at radius 1 is 0.417 bits per heavy atom. The molecule has 0 heterocycles. The second kappa shape index (κ2) is 17.2. The molecule has 0 nitrogen and oxygen atoms in total. The molecule has 0 saturated heterocycles. The van der Waals surface area contributed by atoms with Crippen molar-refractivity contribution in [3.8, 4) is 0 Å². The predicted octanol–water partition coefficient (Wildman–Crippen LogP) is 11.2. The zero-order valence-corrected chi connectivity index (χ0v) is 25.3. The zero-order valence-electron chi connectivity index (χ0n) is 22.6. The molecule has 0 aliphatic carbocycles. The molecule has 0 aromatic heterocycles. The van der Waals surface area contributed by atoms with Gasteiger partial charge in [0.2, 0.25) is 0 Å². The minimum Gasteiger partial charge on any atom is -0.143 e. The molecule has 0 radical (unpaired) electrons. The van der Waals surface area contributed by atoms with E-state index in [0.717, 1.165) is 14.7 Å². The fraction of sp³-hybridized carbons (Fsp3) is 0.212. The van der Waals surface area contributed by atoms with Gasteiger partial charge in [-0.15, -0.1) is 37.9 Å². The van der Waals surface area contributed by atoms with E-state index in [1.165, 1.54) is 38.2 Å². The molecule has 5 rings (SSSR count). The molecule has 0 atom stereocenters. The number of hydrogen-bond donors (Lipinski definition) is 3. The monoisotopic (exact) mass is 532 g/mol. The fourth-order valence-corrected chi connectivity index (χ4v) is 4.35. The molecule has 36 heavy (non-hydrogen) atoms. The molecule has 0 aliphatic heterocycles. The van der Waals surface area contributed by atoms with Crippen LogP contribution in [0.25, 0.3) is 21.5 Å². The molecule has 0 unspecified atom stereocenters. The van der Waals surface area contributed by atoms with Crippen LogP contribution in [0.1, 0.15) is 44.4 Å². The lowest BCUT2D eigenvalue weighted by Gasteiger charge is -2.03. The van der Waals surface area contributed by atoms with E-state index in [-0.39, 0.29) is 0 Å². The fourth-order valence-electron chi connectivity index (χ4n) is 3.51. The van der Waals surface area contributed by atoms with Crippen LogP contribution in [0.5, 0.6) is 0 Å². The van der Waals surface area contributed by atoms with Crippen LogP contribution >= 0.6 is 37.9 Å². The Bertz CT molecular complexity index is 1200. The van der Waals surface area contributed by atoms with Crippen molar-refractivity contribution in [2.45, 2.75) is 63.2 Å². The van der Waals surface area contributed by atoms with Crippen LogP contribution < -0.4 is 0 Å². The smallest absolute Gasteiger partial charge is 0.0119 e. The van der Waals surface area contributed by atoms with E-state index in [1.54, 1.807) is 0 Å². The van der Waals surface area contributed by atoms with Crippen LogP contribution in [0.4, 0.5) is 0 Å². The van der Waals surface area contributed by atoms with Crippen molar-refractivity contribution in [2.75, 3.05) is 0 Å². The molecular formula is C33H40S3. The van der Waals surface area contributed by atoms with Gasteiger partial charge in [-0.3, -0.25) is 0 Å². The predicted molar refractivity (Wildman–Crippen MR) is 173 cm³/mol. The number of benzene rings is 5. The van der Waals surface area contributed by atoms with Crippen molar-refractivity contribution in [3.63, 3.8) is 0 Å². The highest BCUT2D eigenvalue weighted by Gasteiger charge is 1.98. The van der Waals surface area contributed by atoms with E-state index in [9.17, 15) is 0 Å². The van der Waals surface area contributed by atoms with Crippen molar-refractivity contribution in [3.05, 3.63) is 114 Å². The first kappa shape index (κ1) is 31.7. The first-order valence-corrected chi connectivity index (χ1v) is 13.8. The number of hydrogen-bond acceptors (Lipinski definition) is 3.